The first kappa shape index (κ1) is 25.4. The van der Waals surface area contributed by atoms with E-state index in [-0.39, 0.29) is 6.61 Å². The molecule has 0 radical (unpaired) electrons. The van der Waals surface area contributed by atoms with Crippen LogP contribution in [0, 0.1) is 0 Å². The normalized spacial score (nSPS) is 18.2. The lowest BCUT2D eigenvalue weighted by atomic mass is 9.86. The second kappa shape index (κ2) is 12.3. The molecule has 0 saturated carbocycles. The van der Waals surface area contributed by atoms with Crippen LogP contribution < -0.4 is 5.32 Å². The maximum absolute atomic E-state index is 13.3. The monoisotopic (exact) mass is 468 g/mol. The van der Waals surface area contributed by atoms with Gasteiger partial charge >= 0.3 is 11.9 Å². The zero-order valence-corrected chi connectivity index (χ0v) is 19.3. The SMILES string of the molecule is CCOC(=O)C(c1ccccc1)C(Cc1ccccc1)N[C@@H](CO)C(=O)N1CCC[C@H]1C(=O)O. The molecule has 1 heterocycles. The average molecular weight is 469 g/mol. The van der Waals surface area contributed by atoms with Crippen molar-refractivity contribution in [3.05, 3.63) is 71.8 Å². The van der Waals surface area contributed by atoms with Gasteiger partial charge < -0.3 is 19.8 Å². The standard InChI is InChI=1S/C26H32N2O6/c1-2-34-26(33)23(19-12-7-4-8-13-19)20(16-18-10-5-3-6-11-18)27-21(17-29)24(30)28-15-9-14-22(28)25(31)32/h3-8,10-13,20-23,27,29H,2,9,14-17H2,1H3,(H,31,32)/t20?,21-,22-,23?/m0/s1. The number of esters is 1. The van der Waals surface area contributed by atoms with E-state index in [4.69, 9.17) is 4.74 Å². The average Bonchev–Trinajstić information content (AvgIpc) is 3.34. The quantitative estimate of drug-likeness (QED) is 0.432. The second-order valence-electron chi connectivity index (χ2n) is 8.37. The zero-order valence-electron chi connectivity index (χ0n) is 19.3. The van der Waals surface area contributed by atoms with Gasteiger partial charge in [-0.15, -0.1) is 0 Å². The molecular weight excluding hydrogens is 436 g/mol. The van der Waals surface area contributed by atoms with Gasteiger partial charge in [0.2, 0.25) is 5.91 Å². The number of carboxylic acid groups (broad SMARTS) is 1. The number of amides is 1. The van der Waals surface area contributed by atoms with Gasteiger partial charge in [-0.2, -0.15) is 0 Å². The molecule has 182 valence electrons. The van der Waals surface area contributed by atoms with Gasteiger partial charge in [0.1, 0.15) is 12.1 Å². The van der Waals surface area contributed by atoms with E-state index in [9.17, 15) is 24.6 Å². The molecule has 2 aromatic carbocycles. The fourth-order valence-electron chi connectivity index (χ4n) is 4.51. The molecule has 3 N–H and O–H groups in total. The Morgan fingerprint density at radius 2 is 1.74 bits per heavy atom. The number of likely N-dealkylation sites (tertiary alicyclic amines) is 1. The summed E-state index contributed by atoms with van der Waals surface area (Å²) >= 11 is 0. The van der Waals surface area contributed by atoms with Gasteiger partial charge in [0, 0.05) is 12.6 Å². The van der Waals surface area contributed by atoms with Gasteiger partial charge in [-0.05, 0) is 37.3 Å². The Morgan fingerprint density at radius 3 is 2.32 bits per heavy atom. The van der Waals surface area contributed by atoms with Crippen molar-refractivity contribution in [3.63, 3.8) is 0 Å². The van der Waals surface area contributed by atoms with Gasteiger partial charge in [-0.25, -0.2) is 4.79 Å². The smallest absolute Gasteiger partial charge is 0.326 e. The van der Waals surface area contributed by atoms with Crippen molar-refractivity contribution in [1.82, 2.24) is 10.2 Å². The van der Waals surface area contributed by atoms with E-state index in [0.717, 1.165) is 11.1 Å². The number of benzene rings is 2. The summed E-state index contributed by atoms with van der Waals surface area (Å²) < 4.78 is 5.39. The molecule has 8 heteroatoms. The molecule has 1 aliphatic rings. The first-order valence-electron chi connectivity index (χ1n) is 11.6. The van der Waals surface area contributed by atoms with E-state index in [0.29, 0.717) is 25.8 Å². The van der Waals surface area contributed by atoms with Crippen molar-refractivity contribution in [2.75, 3.05) is 19.8 Å². The van der Waals surface area contributed by atoms with Crippen LogP contribution in [0.25, 0.3) is 0 Å². The number of hydrogen-bond donors (Lipinski definition) is 3. The summed E-state index contributed by atoms with van der Waals surface area (Å²) in [6.07, 6.45) is 1.36. The highest BCUT2D eigenvalue weighted by atomic mass is 16.5. The highest BCUT2D eigenvalue weighted by molar-refractivity contribution is 5.88. The topological polar surface area (TPSA) is 116 Å². The fourth-order valence-corrected chi connectivity index (χ4v) is 4.51. The van der Waals surface area contributed by atoms with E-state index in [1.165, 1.54) is 4.90 Å². The molecule has 1 fully saturated rings. The summed E-state index contributed by atoms with van der Waals surface area (Å²) in [5, 5.41) is 22.8. The summed E-state index contributed by atoms with van der Waals surface area (Å²) in [4.78, 5) is 39.3. The number of carboxylic acids is 1. The molecule has 3 rings (SSSR count). The fraction of sp³-hybridized carbons (Fsp3) is 0.423. The van der Waals surface area contributed by atoms with Crippen molar-refractivity contribution >= 4 is 17.8 Å². The number of aliphatic hydroxyl groups excluding tert-OH is 1. The molecule has 0 aliphatic carbocycles. The number of carbonyl (C=O) groups excluding carboxylic acids is 2. The molecule has 4 atom stereocenters. The van der Waals surface area contributed by atoms with Crippen molar-refractivity contribution in [2.45, 2.75) is 50.2 Å². The first-order chi connectivity index (χ1) is 16.5. The minimum atomic E-state index is -1.06. The van der Waals surface area contributed by atoms with Crippen LogP contribution in [0.5, 0.6) is 0 Å². The predicted octanol–water partition coefficient (Wildman–Crippen LogP) is 1.97. The van der Waals surface area contributed by atoms with Gasteiger partial charge in [-0.3, -0.25) is 14.9 Å². The summed E-state index contributed by atoms with van der Waals surface area (Å²) in [6, 6.07) is 16.2. The third-order valence-electron chi connectivity index (χ3n) is 6.12. The highest BCUT2D eigenvalue weighted by Gasteiger charge is 2.39. The van der Waals surface area contributed by atoms with Crippen molar-refractivity contribution in [2.24, 2.45) is 0 Å². The molecule has 1 saturated heterocycles. The van der Waals surface area contributed by atoms with Gasteiger partial charge in [-0.1, -0.05) is 60.7 Å². The number of nitrogens with one attached hydrogen (secondary N) is 1. The van der Waals surface area contributed by atoms with Crippen LogP contribution in [-0.4, -0.2) is 70.8 Å². The number of aliphatic hydroxyl groups is 1. The van der Waals surface area contributed by atoms with Crippen LogP contribution in [0.4, 0.5) is 0 Å². The van der Waals surface area contributed by atoms with Crippen molar-refractivity contribution in [1.29, 1.82) is 0 Å². The number of aliphatic carboxylic acids is 1. The van der Waals surface area contributed by atoms with Gasteiger partial charge in [0.05, 0.1) is 19.1 Å². The largest absolute Gasteiger partial charge is 0.480 e. The molecule has 0 spiro atoms. The summed E-state index contributed by atoms with van der Waals surface area (Å²) in [6.45, 7) is 1.73. The summed E-state index contributed by atoms with van der Waals surface area (Å²) in [7, 11) is 0. The zero-order chi connectivity index (χ0) is 24.5. The first-order valence-corrected chi connectivity index (χ1v) is 11.6. The molecule has 2 aromatic rings. The summed E-state index contributed by atoms with van der Waals surface area (Å²) in [5.41, 5.74) is 1.67. The van der Waals surface area contributed by atoms with E-state index in [2.05, 4.69) is 5.32 Å². The van der Waals surface area contributed by atoms with Crippen LogP contribution in [0.1, 0.15) is 36.8 Å². The lowest BCUT2D eigenvalue weighted by Crippen LogP contribution is -2.56. The number of rotatable bonds is 11. The Bertz CT molecular complexity index is 952. The van der Waals surface area contributed by atoms with E-state index < -0.39 is 48.5 Å². The van der Waals surface area contributed by atoms with Crippen LogP contribution in [-0.2, 0) is 25.5 Å². The number of nitrogens with zero attached hydrogens (tertiary/aromatic N) is 1. The Hall–Kier alpha value is -3.23. The summed E-state index contributed by atoms with van der Waals surface area (Å²) in [5.74, 6) is -2.72. The number of ether oxygens (including phenoxy) is 1. The van der Waals surface area contributed by atoms with Gasteiger partial charge in [0.15, 0.2) is 0 Å². The molecule has 34 heavy (non-hydrogen) atoms. The minimum Gasteiger partial charge on any atom is -0.480 e. The number of carbonyl (C=O) groups is 3. The predicted molar refractivity (Wildman–Crippen MR) is 126 cm³/mol. The van der Waals surface area contributed by atoms with Crippen LogP contribution in [0.2, 0.25) is 0 Å². The van der Waals surface area contributed by atoms with Crippen LogP contribution in [0.15, 0.2) is 60.7 Å². The minimum absolute atomic E-state index is 0.205. The van der Waals surface area contributed by atoms with E-state index >= 15 is 0 Å². The molecule has 1 amide bonds. The van der Waals surface area contributed by atoms with Crippen molar-refractivity contribution in [3.8, 4) is 0 Å². The Balaban J connectivity index is 1.94. The third-order valence-corrected chi connectivity index (χ3v) is 6.12. The Kier molecular flexibility index (Phi) is 9.18. The van der Waals surface area contributed by atoms with E-state index in [1.807, 2.05) is 60.7 Å². The van der Waals surface area contributed by atoms with Gasteiger partial charge in [0.25, 0.3) is 0 Å². The lowest BCUT2D eigenvalue weighted by Gasteiger charge is -2.32. The maximum Gasteiger partial charge on any atom is 0.326 e. The second-order valence-corrected chi connectivity index (χ2v) is 8.37. The number of hydrogen-bond acceptors (Lipinski definition) is 6. The molecule has 0 bridgehead atoms. The molecule has 8 nitrogen and oxygen atoms in total. The maximum atomic E-state index is 13.3. The molecule has 2 unspecified atom stereocenters. The van der Waals surface area contributed by atoms with Crippen LogP contribution in [0.3, 0.4) is 0 Å². The Morgan fingerprint density at radius 1 is 1.09 bits per heavy atom. The molecule has 1 aliphatic heterocycles. The molecule has 0 aromatic heterocycles. The van der Waals surface area contributed by atoms with Crippen molar-refractivity contribution < 1.29 is 29.3 Å². The molecular formula is C26H32N2O6. The Labute approximate surface area is 199 Å². The van der Waals surface area contributed by atoms with E-state index in [1.54, 1.807) is 6.92 Å². The third kappa shape index (κ3) is 6.21. The van der Waals surface area contributed by atoms with Crippen LogP contribution >= 0.6 is 0 Å². The highest BCUT2D eigenvalue weighted by Crippen LogP contribution is 2.26. The lowest BCUT2D eigenvalue weighted by molar-refractivity contribution is -0.149.